The molecule has 0 radical (unpaired) electrons. The molecular weight excluding hydrogens is 568 g/mol. The van der Waals surface area contributed by atoms with E-state index in [1.807, 2.05) is 0 Å². The zero-order chi connectivity index (χ0) is 30.9. The van der Waals surface area contributed by atoms with Gasteiger partial charge in [0.2, 0.25) is 6.10 Å². The van der Waals surface area contributed by atoms with Gasteiger partial charge in [0.05, 0.1) is 22.3 Å². The number of esters is 5. The van der Waals surface area contributed by atoms with Crippen LogP contribution in [0.1, 0.15) is 41.4 Å². The Kier molecular flexibility index (Phi) is 9.41. The van der Waals surface area contributed by atoms with E-state index >= 15 is 0 Å². The molecule has 222 valence electrons. The highest BCUT2D eigenvalue weighted by molar-refractivity contribution is 5.93. The highest BCUT2D eigenvalue weighted by atomic mass is 16.7. The fraction of sp³-hybridized carbons (Fsp3) is 0.147. The van der Waals surface area contributed by atoms with Gasteiger partial charge in [0.25, 0.3) is 0 Å². The van der Waals surface area contributed by atoms with E-state index in [0.717, 1.165) is 0 Å². The van der Waals surface area contributed by atoms with E-state index in [4.69, 9.17) is 23.7 Å². The molecule has 1 saturated heterocycles. The Hall–Kier alpha value is -5.77. The van der Waals surface area contributed by atoms with Crippen LogP contribution in [0.15, 0.2) is 121 Å². The van der Waals surface area contributed by atoms with Crippen LogP contribution < -0.4 is 0 Å². The van der Waals surface area contributed by atoms with Crippen LogP contribution in [-0.2, 0) is 28.5 Å². The predicted molar refractivity (Wildman–Crippen MR) is 154 cm³/mol. The van der Waals surface area contributed by atoms with Crippen molar-refractivity contribution in [3.63, 3.8) is 0 Å². The zero-order valence-corrected chi connectivity index (χ0v) is 23.1. The lowest BCUT2D eigenvalue weighted by Crippen LogP contribution is -2.47. The molecule has 44 heavy (non-hydrogen) atoms. The van der Waals surface area contributed by atoms with Gasteiger partial charge in [0.1, 0.15) is 6.61 Å². The van der Waals surface area contributed by atoms with Crippen molar-refractivity contribution in [1.82, 2.24) is 0 Å². The molecule has 0 aliphatic carbocycles. The van der Waals surface area contributed by atoms with Gasteiger partial charge in [0.15, 0.2) is 18.3 Å². The third kappa shape index (κ3) is 7.16. The van der Waals surface area contributed by atoms with Crippen molar-refractivity contribution in [3.8, 4) is 0 Å². The van der Waals surface area contributed by atoms with E-state index in [9.17, 15) is 24.0 Å². The zero-order valence-electron chi connectivity index (χ0n) is 23.1. The normalized spacial score (nSPS) is 17.9. The molecule has 5 rings (SSSR count). The maximum Gasteiger partial charge on any atom is 0.352 e. The monoisotopic (exact) mass is 594 g/mol. The Morgan fingerprint density at radius 1 is 0.568 bits per heavy atom. The van der Waals surface area contributed by atoms with E-state index in [1.165, 1.54) is 48.5 Å². The maximum absolute atomic E-state index is 13.2. The highest BCUT2D eigenvalue weighted by Crippen LogP contribution is 2.29. The lowest BCUT2D eigenvalue weighted by Gasteiger charge is -2.27. The topological polar surface area (TPSA) is 132 Å². The standard InChI is InChI=1S/C34H26O10/c35-30(22-13-5-1-6-14-22)40-21-26(41-31(36)23-15-7-2-8-16-23)27-28(43-32(37)24-17-9-3-10-18-24)29(34(39)42-27)44-33(38)25-19-11-4-12-20-25/h1-20,26-29H,21H2/t26-,27-,28+,29-/m1/s1. The molecule has 0 bridgehead atoms. The van der Waals surface area contributed by atoms with Gasteiger partial charge in [-0.05, 0) is 48.5 Å². The summed E-state index contributed by atoms with van der Waals surface area (Å²) in [5, 5.41) is 0. The summed E-state index contributed by atoms with van der Waals surface area (Å²) in [6.45, 7) is -0.580. The molecule has 4 aromatic rings. The number of carbonyl (C=O) groups is 5. The van der Waals surface area contributed by atoms with Crippen LogP contribution >= 0.6 is 0 Å². The molecule has 0 spiro atoms. The van der Waals surface area contributed by atoms with Crippen molar-refractivity contribution in [2.45, 2.75) is 24.4 Å². The number of cyclic esters (lactones) is 1. The largest absolute Gasteiger partial charge is 0.458 e. The van der Waals surface area contributed by atoms with Crippen molar-refractivity contribution in [1.29, 1.82) is 0 Å². The Morgan fingerprint density at radius 2 is 0.977 bits per heavy atom. The first-order chi connectivity index (χ1) is 21.4. The molecule has 0 N–H and O–H groups in total. The van der Waals surface area contributed by atoms with Gasteiger partial charge in [-0.25, -0.2) is 24.0 Å². The molecule has 0 unspecified atom stereocenters. The summed E-state index contributed by atoms with van der Waals surface area (Å²) in [5.41, 5.74) is 0.680. The minimum absolute atomic E-state index is 0.140. The van der Waals surface area contributed by atoms with E-state index in [2.05, 4.69) is 0 Å². The number of ether oxygens (including phenoxy) is 5. The van der Waals surface area contributed by atoms with E-state index in [0.29, 0.717) is 0 Å². The molecule has 0 aromatic heterocycles. The van der Waals surface area contributed by atoms with Gasteiger partial charge in [0, 0.05) is 0 Å². The second-order valence-corrected chi connectivity index (χ2v) is 9.60. The molecule has 4 aromatic carbocycles. The third-order valence-electron chi connectivity index (χ3n) is 6.63. The molecular formula is C34H26O10. The fourth-order valence-corrected chi connectivity index (χ4v) is 4.42. The van der Waals surface area contributed by atoms with Gasteiger partial charge in [-0.1, -0.05) is 72.8 Å². The summed E-state index contributed by atoms with van der Waals surface area (Å²) in [7, 11) is 0. The van der Waals surface area contributed by atoms with E-state index < -0.39 is 60.9 Å². The Balaban J connectivity index is 1.45. The average Bonchev–Trinajstić information content (AvgIpc) is 3.37. The van der Waals surface area contributed by atoms with Crippen LogP contribution in [0.4, 0.5) is 0 Å². The third-order valence-corrected chi connectivity index (χ3v) is 6.63. The Bertz CT molecular complexity index is 1610. The molecule has 10 heteroatoms. The molecule has 0 amide bonds. The quantitative estimate of drug-likeness (QED) is 0.192. The number of benzene rings is 4. The van der Waals surface area contributed by atoms with Crippen molar-refractivity contribution in [3.05, 3.63) is 144 Å². The number of carbonyl (C=O) groups excluding carboxylic acids is 5. The molecule has 4 atom stereocenters. The van der Waals surface area contributed by atoms with E-state index in [1.54, 1.807) is 72.8 Å². The van der Waals surface area contributed by atoms with Gasteiger partial charge in [-0.3, -0.25) is 0 Å². The van der Waals surface area contributed by atoms with Crippen molar-refractivity contribution in [2.75, 3.05) is 6.61 Å². The molecule has 10 nitrogen and oxygen atoms in total. The summed E-state index contributed by atoms with van der Waals surface area (Å²) in [6.07, 6.45) is -6.27. The van der Waals surface area contributed by atoms with Crippen LogP contribution in [0.25, 0.3) is 0 Å². The molecule has 1 fully saturated rings. The van der Waals surface area contributed by atoms with Crippen molar-refractivity contribution >= 4 is 29.8 Å². The Labute approximate surface area is 252 Å². The lowest BCUT2D eigenvalue weighted by atomic mass is 10.0. The molecule has 0 saturated carbocycles. The summed E-state index contributed by atoms with van der Waals surface area (Å²) >= 11 is 0. The van der Waals surface area contributed by atoms with Gasteiger partial charge in [-0.2, -0.15) is 0 Å². The van der Waals surface area contributed by atoms with Gasteiger partial charge < -0.3 is 23.7 Å². The second-order valence-electron chi connectivity index (χ2n) is 9.60. The minimum Gasteiger partial charge on any atom is -0.458 e. The first kappa shape index (κ1) is 29.7. The van der Waals surface area contributed by atoms with Crippen LogP contribution in [0.3, 0.4) is 0 Å². The highest BCUT2D eigenvalue weighted by Gasteiger charge is 2.54. The van der Waals surface area contributed by atoms with Crippen LogP contribution in [0.2, 0.25) is 0 Å². The fourth-order valence-electron chi connectivity index (χ4n) is 4.42. The first-order valence-corrected chi connectivity index (χ1v) is 13.6. The second kappa shape index (κ2) is 13.9. The molecule has 1 heterocycles. The molecule has 1 aliphatic heterocycles. The maximum atomic E-state index is 13.2. The predicted octanol–water partition coefficient (Wildman–Crippen LogP) is 4.45. The van der Waals surface area contributed by atoms with Crippen LogP contribution in [0, 0.1) is 0 Å². The summed E-state index contributed by atoms with van der Waals surface area (Å²) in [5.74, 6) is -4.32. The SMILES string of the molecule is O=C(OC[C@@H](OC(=O)c1ccccc1)[C@H]1OC(=O)[C@H](OC(=O)c2ccccc2)[C@H]1OC(=O)c1ccccc1)c1ccccc1. The van der Waals surface area contributed by atoms with Gasteiger partial charge >= 0.3 is 29.8 Å². The lowest BCUT2D eigenvalue weighted by molar-refractivity contribution is -0.152. The van der Waals surface area contributed by atoms with Crippen molar-refractivity contribution in [2.24, 2.45) is 0 Å². The first-order valence-electron chi connectivity index (χ1n) is 13.6. The number of hydrogen-bond acceptors (Lipinski definition) is 10. The number of hydrogen-bond donors (Lipinski definition) is 0. The summed E-state index contributed by atoms with van der Waals surface area (Å²) in [4.78, 5) is 65.1. The summed E-state index contributed by atoms with van der Waals surface area (Å²) < 4.78 is 27.8. The number of rotatable bonds is 10. The summed E-state index contributed by atoms with van der Waals surface area (Å²) in [6, 6.07) is 31.9. The van der Waals surface area contributed by atoms with Crippen LogP contribution in [0.5, 0.6) is 0 Å². The van der Waals surface area contributed by atoms with Crippen molar-refractivity contribution < 1.29 is 47.7 Å². The van der Waals surface area contributed by atoms with E-state index in [-0.39, 0.29) is 22.3 Å². The smallest absolute Gasteiger partial charge is 0.352 e. The molecule has 1 aliphatic rings. The Morgan fingerprint density at radius 3 is 1.45 bits per heavy atom. The van der Waals surface area contributed by atoms with Gasteiger partial charge in [-0.15, -0.1) is 0 Å². The minimum atomic E-state index is -1.72. The van der Waals surface area contributed by atoms with Crippen LogP contribution in [-0.4, -0.2) is 60.9 Å². The average molecular weight is 595 g/mol.